The summed E-state index contributed by atoms with van der Waals surface area (Å²) >= 11 is 18.3. The Kier molecular flexibility index (Phi) is 9.02. The topological polar surface area (TPSA) is 189 Å². The van der Waals surface area contributed by atoms with Crippen LogP contribution in [0.4, 0.5) is 28.7 Å². The van der Waals surface area contributed by atoms with Crippen molar-refractivity contribution in [1.82, 2.24) is 15.4 Å². The van der Waals surface area contributed by atoms with Gasteiger partial charge in [-0.05, 0) is 53.9 Å². The molecule has 0 aliphatic rings. The lowest BCUT2D eigenvalue weighted by Gasteiger charge is -2.17. The molecule has 4 rings (SSSR count). The normalized spacial score (nSPS) is 11.2. The summed E-state index contributed by atoms with van der Waals surface area (Å²) in [5.41, 5.74) is 5.50. The summed E-state index contributed by atoms with van der Waals surface area (Å²) in [6.45, 7) is 1.72. The van der Waals surface area contributed by atoms with E-state index in [2.05, 4.69) is 32.2 Å². The molecule has 1 unspecified atom stereocenters. The molecule has 4 aromatic rings. The number of nitro groups is 2. The summed E-state index contributed by atoms with van der Waals surface area (Å²) in [4.78, 5) is 42.0. The quantitative estimate of drug-likeness (QED) is 0.133. The second-order valence-electron chi connectivity index (χ2n) is 8.61. The van der Waals surface area contributed by atoms with Crippen LogP contribution in [0.3, 0.4) is 0 Å². The zero-order valence-electron chi connectivity index (χ0n) is 21.3. The Morgan fingerprint density at radius 1 is 0.952 bits per heavy atom. The van der Waals surface area contributed by atoms with Crippen molar-refractivity contribution in [3.8, 4) is 6.07 Å². The molecule has 212 valence electrons. The molecule has 42 heavy (non-hydrogen) atoms. The standard InChI is InChI=1S/C26H17Cl3N8O5/c1-13-8-17(18(11-30)14-2-5-16(27)6-3-14)20(29)10-21(13)33-24-23(37(41)42)25(32-12-31-24)34-35-26(38)15-4-7-19(28)22(9-15)36(39)40/h2-10,12,18H,1H3,(H,35,38)(H2,31,32,33,34). The molecule has 0 aliphatic heterocycles. The molecule has 3 N–H and O–H groups in total. The van der Waals surface area contributed by atoms with Gasteiger partial charge in [0.15, 0.2) is 0 Å². The first-order chi connectivity index (χ1) is 20.0. The van der Waals surface area contributed by atoms with Gasteiger partial charge in [-0.2, -0.15) is 5.26 Å². The number of nitrogens with one attached hydrogen (secondary N) is 3. The number of benzene rings is 3. The van der Waals surface area contributed by atoms with E-state index in [1.165, 1.54) is 18.2 Å². The maximum atomic E-state index is 12.6. The van der Waals surface area contributed by atoms with E-state index in [0.29, 0.717) is 27.4 Å². The third-order valence-electron chi connectivity index (χ3n) is 5.94. The molecule has 0 aliphatic carbocycles. The van der Waals surface area contributed by atoms with Gasteiger partial charge in [0.05, 0.1) is 21.8 Å². The highest BCUT2D eigenvalue weighted by Crippen LogP contribution is 2.37. The Balaban J connectivity index is 1.60. The number of rotatable bonds is 9. The number of carbonyl (C=O) groups is 1. The zero-order chi connectivity index (χ0) is 30.6. The van der Waals surface area contributed by atoms with Gasteiger partial charge < -0.3 is 5.32 Å². The largest absolute Gasteiger partial charge is 0.355 e. The van der Waals surface area contributed by atoms with Crippen LogP contribution in [0.25, 0.3) is 0 Å². The minimum atomic E-state index is -0.844. The first kappa shape index (κ1) is 29.9. The van der Waals surface area contributed by atoms with Gasteiger partial charge in [-0.1, -0.05) is 53.0 Å². The Labute approximate surface area is 252 Å². The van der Waals surface area contributed by atoms with Gasteiger partial charge in [0.25, 0.3) is 11.6 Å². The molecule has 1 heterocycles. The Morgan fingerprint density at radius 3 is 2.29 bits per heavy atom. The van der Waals surface area contributed by atoms with Crippen molar-refractivity contribution in [3.05, 3.63) is 118 Å². The number of nitrogens with zero attached hydrogens (tertiary/aromatic N) is 5. The van der Waals surface area contributed by atoms with Gasteiger partial charge in [0.1, 0.15) is 11.3 Å². The predicted molar refractivity (Wildman–Crippen MR) is 156 cm³/mol. The SMILES string of the molecule is Cc1cc(C(C#N)c2ccc(Cl)cc2)c(Cl)cc1Nc1ncnc(NNC(=O)c2ccc(Cl)c([N+](=O)[O-])c2)c1[N+](=O)[O-]. The molecule has 0 saturated heterocycles. The number of carbonyl (C=O) groups excluding carboxylic acids is 1. The van der Waals surface area contributed by atoms with E-state index in [1.54, 1.807) is 37.3 Å². The third kappa shape index (κ3) is 6.47. The van der Waals surface area contributed by atoms with E-state index in [-0.39, 0.29) is 27.2 Å². The maximum absolute atomic E-state index is 12.6. The van der Waals surface area contributed by atoms with Gasteiger partial charge in [0.2, 0.25) is 11.6 Å². The fourth-order valence-electron chi connectivity index (χ4n) is 3.88. The van der Waals surface area contributed by atoms with Crippen molar-refractivity contribution in [2.24, 2.45) is 0 Å². The molecule has 3 aromatic carbocycles. The first-order valence-electron chi connectivity index (χ1n) is 11.7. The number of hydrazine groups is 1. The highest BCUT2D eigenvalue weighted by Gasteiger charge is 2.26. The summed E-state index contributed by atoms with van der Waals surface area (Å²) in [5.74, 6) is -2.14. The molecule has 0 bridgehead atoms. The lowest BCUT2D eigenvalue weighted by atomic mass is 9.91. The van der Waals surface area contributed by atoms with Crippen LogP contribution in [-0.4, -0.2) is 25.7 Å². The summed E-state index contributed by atoms with van der Waals surface area (Å²) in [7, 11) is 0. The lowest BCUT2D eigenvalue weighted by molar-refractivity contribution is -0.384. The van der Waals surface area contributed by atoms with Crippen molar-refractivity contribution in [1.29, 1.82) is 5.26 Å². The van der Waals surface area contributed by atoms with Crippen LogP contribution in [0, 0.1) is 38.5 Å². The molecule has 0 spiro atoms. The van der Waals surface area contributed by atoms with Gasteiger partial charge in [-0.15, -0.1) is 0 Å². The number of nitriles is 1. The van der Waals surface area contributed by atoms with E-state index in [1.807, 2.05) is 0 Å². The number of nitro benzene ring substituents is 1. The number of amides is 1. The van der Waals surface area contributed by atoms with Crippen molar-refractivity contribution >= 4 is 69.4 Å². The number of halogens is 3. The molecule has 0 fully saturated rings. The highest BCUT2D eigenvalue weighted by atomic mass is 35.5. The minimum absolute atomic E-state index is 0.131. The summed E-state index contributed by atoms with van der Waals surface area (Å²) in [6.07, 6.45) is 1.02. The average Bonchev–Trinajstić information content (AvgIpc) is 2.95. The zero-order valence-corrected chi connectivity index (χ0v) is 23.5. The number of hydrogen-bond acceptors (Lipinski definition) is 10. The minimum Gasteiger partial charge on any atom is -0.334 e. The smallest absolute Gasteiger partial charge is 0.334 e. The number of aromatic nitrogens is 2. The van der Waals surface area contributed by atoms with Crippen molar-refractivity contribution in [2.45, 2.75) is 12.8 Å². The Hall–Kier alpha value is -5.03. The van der Waals surface area contributed by atoms with Crippen LogP contribution in [0.5, 0.6) is 0 Å². The predicted octanol–water partition coefficient (Wildman–Crippen LogP) is 6.72. The van der Waals surface area contributed by atoms with Crippen LogP contribution in [0.15, 0.2) is 60.9 Å². The molecular weight excluding hydrogens is 611 g/mol. The number of anilines is 3. The monoisotopic (exact) mass is 626 g/mol. The first-order valence-corrected chi connectivity index (χ1v) is 12.8. The Morgan fingerprint density at radius 2 is 1.64 bits per heavy atom. The van der Waals surface area contributed by atoms with E-state index in [4.69, 9.17) is 34.8 Å². The van der Waals surface area contributed by atoms with Crippen LogP contribution >= 0.6 is 34.8 Å². The molecular formula is C26H17Cl3N8O5. The van der Waals surface area contributed by atoms with Gasteiger partial charge in [-0.25, -0.2) is 9.97 Å². The molecule has 13 nitrogen and oxygen atoms in total. The van der Waals surface area contributed by atoms with Crippen molar-refractivity contribution in [3.63, 3.8) is 0 Å². The fraction of sp³-hybridized carbons (Fsp3) is 0.0769. The lowest BCUT2D eigenvalue weighted by Crippen LogP contribution is -2.30. The van der Waals surface area contributed by atoms with Gasteiger partial charge in [-0.3, -0.25) is 35.9 Å². The Bertz CT molecular complexity index is 1760. The average molecular weight is 628 g/mol. The third-order valence-corrected chi connectivity index (χ3v) is 6.84. The molecule has 0 radical (unpaired) electrons. The molecule has 1 atom stereocenters. The van der Waals surface area contributed by atoms with E-state index >= 15 is 0 Å². The molecule has 16 heteroatoms. The fourth-order valence-corrected chi connectivity index (χ4v) is 4.47. The van der Waals surface area contributed by atoms with Gasteiger partial charge >= 0.3 is 5.69 Å². The maximum Gasteiger partial charge on any atom is 0.355 e. The van der Waals surface area contributed by atoms with Gasteiger partial charge in [0, 0.05) is 27.4 Å². The summed E-state index contributed by atoms with van der Waals surface area (Å²) in [6, 6.07) is 15.6. The second-order valence-corrected chi connectivity index (χ2v) is 9.86. The molecule has 0 saturated carbocycles. The van der Waals surface area contributed by atoms with Crippen molar-refractivity contribution < 1.29 is 14.6 Å². The summed E-state index contributed by atoms with van der Waals surface area (Å²) in [5, 5.41) is 36.4. The second kappa shape index (κ2) is 12.6. The number of hydrogen-bond donors (Lipinski definition) is 3. The van der Waals surface area contributed by atoms with Crippen LogP contribution < -0.4 is 16.2 Å². The highest BCUT2D eigenvalue weighted by molar-refractivity contribution is 6.33. The van der Waals surface area contributed by atoms with Crippen molar-refractivity contribution in [2.75, 3.05) is 10.7 Å². The number of aryl methyl sites for hydroxylation is 1. The van der Waals surface area contributed by atoms with Crippen LogP contribution in [0.2, 0.25) is 15.1 Å². The molecule has 1 aromatic heterocycles. The molecule has 1 amide bonds. The van der Waals surface area contributed by atoms with Crippen LogP contribution in [0.1, 0.15) is 33.0 Å². The van der Waals surface area contributed by atoms with E-state index < -0.39 is 33.0 Å². The van der Waals surface area contributed by atoms with E-state index in [0.717, 1.165) is 12.4 Å². The summed E-state index contributed by atoms with van der Waals surface area (Å²) < 4.78 is 0. The van der Waals surface area contributed by atoms with E-state index in [9.17, 15) is 30.3 Å². The van der Waals surface area contributed by atoms with Crippen LogP contribution in [-0.2, 0) is 0 Å².